The van der Waals surface area contributed by atoms with E-state index in [1.807, 2.05) is 36.4 Å². The summed E-state index contributed by atoms with van der Waals surface area (Å²) in [6.07, 6.45) is 10.6. The van der Waals surface area contributed by atoms with Crippen molar-refractivity contribution in [3.8, 4) is 23.8 Å². The highest BCUT2D eigenvalue weighted by molar-refractivity contribution is 5.93. The van der Waals surface area contributed by atoms with E-state index in [0.29, 0.717) is 55.5 Å². The fourth-order valence-corrected chi connectivity index (χ4v) is 3.43. The molecule has 0 unspecified atom stereocenters. The van der Waals surface area contributed by atoms with E-state index in [9.17, 15) is 4.79 Å². The second-order valence-electron chi connectivity index (χ2n) is 7.78. The van der Waals surface area contributed by atoms with Crippen molar-refractivity contribution in [2.24, 2.45) is 0 Å². The minimum Gasteiger partial charge on any atom is -0.490 e. The van der Waals surface area contributed by atoms with Crippen molar-refractivity contribution >= 4 is 28.3 Å². The largest absolute Gasteiger partial charge is 0.490 e. The Morgan fingerprint density at radius 3 is 2.63 bits per heavy atom. The second kappa shape index (κ2) is 13.7. The molecule has 3 aromatic rings. The van der Waals surface area contributed by atoms with E-state index in [1.165, 1.54) is 6.33 Å². The van der Waals surface area contributed by atoms with Gasteiger partial charge in [0.25, 0.3) is 0 Å². The molecule has 1 heterocycles. The quantitative estimate of drug-likeness (QED) is 0.137. The molecule has 1 amide bonds. The Labute approximate surface area is 204 Å². The minimum absolute atomic E-state index is 0.308. The first-order valence-electron chi connectivity index (χ1n) is 11.4. The van der Waals surface area contributed by atoms with Crippen LogP contribution in [0.1, 0.15) is 37.7 Å². The van der Waals surface area contributed by atoms with Gasteiger partial charge in [0.2, 0.25) is 5.91 Å². The van der Waals surface area contributed by atoms with Gasteiger partial charge < -0.3 is 19.5 Å². The van der Waals surface area contributed by atoms with Gasteiger partial charge in [-0.1, -0.05) is 24.8 Å². The summed E-state index contributed by atoms with van der Waals surface area (Å²) in [5.41, 5.74) is 3.94. The van der Waals surface area contributed by atoms with Crippen LogP contribution < -0.4 is 20.3 Å². The average molecular weight is 479 g/mol. The number of hydrogen-bond acceptors (Lipinski definition) is 8. The third-order valence-corrected chi connectivity index (χ3v) is 5.22. The highest BCUT2D eigenvalue weighted by Gasteiger charge is 2.13. The predicted molar refractivity (Wildman–Crippen MR) is 133 cm³/mol. The number of nitrogens with zero attached hydrogens (tertiary/aromatic N) is 2. The Morgan fingerprint density at radius 2 is 1.83 bits per heavy atom. The molecule has 3 rings (SSSR count). The number of carbonyl (C=O) groups excluding carboxylic acids is 1. The first-order chi connectivity index (χ1) is 17.1. The van der Waals surface area contributed by atoms with Crippen molar-refractivity contribution in [2.45, 2.75) is 32.1 Å². The number of hydroxylamine groups is 1. The van der Waals surface area contributed by atoms with Crippen LogP contribution in [0.5, 0.6) is 11.5 Å². The lowest BCUT2D eigenvalue weighted by Gasteiger charge is -2.15. The normalized spacial score (nSPS) is 10.5. The number of benzene rings is 2. The Bertz CT molecular complexity index is 1160. The number of hydrogen-bond donors (Lipinski definition) is 3. The zero-order valence-corrected chi connectivity index (χ0v) is 19.8. The second-order valence-corrected chi connectivity index (χ2v) is 7.78. The molecule has 0 atom stereocenters. The number of fused-ring (bicyclic) bond motifs is 1. The highest BCUT2D eigenvalue weighted by atomic mass is 16.5. The highest BCUT2D eigenvalue weighted by Crippen LogP contribution is 2.35. The number of rotatable bonds is 14. The van der Waals surface area contributed by atoms with Crippen molar-refractivity contribution in [3.05, 3.63) is 48.3 Å². The Hall–Kier alpha value is -3.87. The molecule has 0 radical (unpaired) electrons. The molecule has 0 saturated heterocycles. The molecule has 0 bridgehead atoms. The molecular weight excluding hydrogens is 448 g/mol. The van der Waals surface area contributed by atoms with Crippen molar-refractivity contribution in [2.75, 3.05) is 32.2 Å². The first kappa shape index (κ1) is 25.7. The molecular formula is C26H30N4O5. The predicted octanol–water partition coefficient (Wildman–Crippen LogP) is 4.21. The molecule has 9 heteroatoms. The lowest BCUT2D eigenvalue weighted by atomic mass is 10.1. The number of amides is 1. The smallest absolute Gasteiger partial charge is 0.243 e. The molecule has 0 aliphatic heterocycles. The van der Waals surface area contributed by atoms with E-state index in [1.54, 1.807) is 12.6 Å². The van der Waals surface area contributed by atoms with Gasteiger partial charge in [-0.15, -0.1) is 6.42 Å². The average Bonchev–Trinajstić information content (AvgIpc) is 2.88. The maximum Gasteiger partial charge on any atom is 0.243 e. The van der Waals surface area contributed by atoms with Gasteiger partial charge in [0.15, 0.2) is 11.5 Å². The Kier molecular flexibility index (Phi) is 10.1. The molecule has 35 heavy (non-hydrogen) atoms. The summed E-state index contributed by atoms with van der Waals surface area (Å²) < 4.78 is 17.1. The standard InChI is InChI=1S/C26H30N4O5/c1-3-19-9-8-10-20(15-19)29-26-21-16-23(35-14-13-33-2)24(17-22(21)27-18-28-26)34-12-7-5-4-6-11-25(31)30-32/h1,8-10,15-18,32H,4-7,11-14H2,2H3,(H,30,31)(H,27,28,29). The van der Waals surface area contributed by atoms with Crippen LogP contribution in [0, 0.1) is 12.3 Å². The summed E-state index contributed by atoms with van der Waals surface area (Å²) in [5.74, 6) is 4.05. The molecule has 1 aromatic heterocycles. The van der Waals surface area contributed by atoms with Crippen LogP contribution in [0.4, 0.5) is 11.5 Å². The minimum atomic E-state index is -0.366. The van der Waals surface area contributed by atoms with Crippen LogP contribution in [-0.4, -0.2) is 48.0 Å². The number of unbranched alkanes of at least 4 members (excludes halogenated alkanes) is 3. The van der Waals surface area contributed by atoms with E-state index in [2.05, 4.69) is 21.2 Å². The number of nitrogens with one attached hydrogen (secondary N) is 2. The van der Waals surface area contributed by atoms with E-state index >= 15 is 0 Å². The van der Waals surface area contributed by atoms with Crippen LogP contribution in [0.15, 0.2) is 42.7 Å². The van der Waals surface area contributed by atoms with Gasteiger partial charge in [0.1, 0.15) is 18.8 Å². The number of carbonyl (C=O) groups is 1. The van der Waals surface area contributed by atoms with Gasteiger partial charge in [-0.25, -0.2) is 15.4 Å². The maximum atomic E-state index is 11.1. The number of terminal acetylenes is 1. The van der Waals surface area contributed by atoms with Crippen molar-refractivity contribution in [1.82, 2.24) is 15.4 Å². The van der Waals surface area contributed by atoms with Crippen molar-refractivity contribution < 1.29 is 24.2 Å². The monoisotopic (exact) mass is 478 g/mol. The maximum absolute atomic E-state index is 11.1. The zero-order valence-electron chi connectivity index (χ0n) is 19.8. The summed E-state index contributed by atoms with van der Waals surface area (Å²) in [6.45, 7) is 1.30. The van der Waals surface area contributed by atoms with Crippen LogP contribution in [0.3, 0.4) is 0 Å². The molecule has 9 nitrogen and oxygen atoms in total. The summed E-state index contributed by atoms with van der Waals surface area (Å²) >= 11 is 0. The number of ether oxygens (including phenoxy) is 3. The van der Waals surface area contributed by atoms with Gasteiger partial charge >= 0.3 is 0 Å². The van der Waals surface area contributed by atoms with E-state index in [4.69, 9.17) is 25.8 Å². The SMILES string of the molecule is C#Cc1cccc(Nc2ncnc3cc(OCCCCCCC(=O)NO)c(OCCOC)cc23)c1. The van der Waals surface area contributed by atoms with E-state index in [-0.39, 0.29) is 5.91 Å². The lowest BCUT2D eigenvalue weighted by molar-refractivity contribution is -0.129. The molecule has 0 saturated carbocycles. The first-order valence-corrected chi connectivity index (χ1v) is 11.4. The lowest BCUT2D eigenvalue weighted by Crippen LogP contribution is -2.17. The van der Waals surface area contributed by atoms with Crippen LogP contribution in [0.25, 0.3) is 10.9 Å². The topological polar surface area (TPSA) is 115 Å². The molecule has 0 aliphatic carbocycles. The third kappa shape index (κ3) is 7.84. The number of anilines is 2. The summed E-state index contributed by atoms with van der Waals surface area (Å²) in [4.78, 5) is 19.9. The van der Waals surface area contributed by atoms with Crippen LogP contribution in [-0.2, 0) is 9.53 Å². The Balaban J connectivity index is 1.73. The molecule has 0 spiro atoms. The summed E-state index contributed by atoms with van der Waals surface area (Å²) in [7, 11) is 1.62. The zero-order chi connectivity index (χ0) is 24.9. The molecule has 3 N–H and O–H groups in total. The van der Waals surface area contributed by atoms with Crippen molar-refractivity contribution in [3.63, 3.8) is 0 Å². The van der Waals surface area contributed by atoms with Gasteiger partial charge in [0.05, 0.1) is 18.7 Å². The number of aromatic nitrogens is 2. The van der Waals surface area contributed by atoms with E-state index < -0.39 is 0 Å². The third-order valence-electron chi connectivity index (χ3n) is 5.22. The summed E-state index contributed by atoms with van der Waals surface area (Å²) in [6, 6.07) is 11.2. The number of methoxy groups -OCH3 is 1. The summed E-state index contributed by atoms with van der Waals surface area (Å²) in [5, 5.41) is 12.6. The van der Waals surface area contributed by atoms with Crippen LogP contribution in [0.2, 0.25) is 0 Å². The molecule has 0 aliphatic rings. The van der Waals surface area contributed by atoms with Gasteiger partial charge in [-0.2, -0.15) is 0 Å². The molecule has 184 valence electrons. The Morgan fingerprint density at radius 1 is 1.03 bits per heavy atom. The van der Waals surface area contributed by atoms with Gasteiger partial charge in [-0.05, 0) is 37.1 Å². The fourth-order valence-electron chi connectivity index (χ4n) is 3.43. The fraction of sp³-hybridized carbons (Fsp3) is 0.346. The molecule has 0 fully saturated rings. The van der Waals surface area contributed by atoms with Crippen molar-refractivity contribution in [1.29, 1.82) is 0 Å². The van der Waals surface area contributed by atoms with Gasteiger partial charge in [-0.3, -0.25) is 10.0 Å². The van der Waals surface area contributed by atoms with Gasteiger partial charge in [0, 0.05) is 36.2 Å². The van der Waals surface area contributed by atoms with E-state index in [0.717, 1.165) is 35.9 Å². The molecule has 2 aromatic carbocycles. The van der Waals surface area contributed by atoms with Crippen LogP contribution >= 0.6 is 0 Å².